The molecule has 2 fully saturated rings. The summed E-state index contributed by atoms with van der Waals surface area (Å²) in [5, 5.41) is 0. The molecule has 0 heterocycles. The van der Waals surface area contributed by atoms with Gasteiger partial charge < -0.3 is 9.47 Å². The zero-order valence-corrected chi connectivity index (χ0v) is 11.0. The van der Waals surface area contributed by atoms with E-state index in [2.05, 4.69) is 6.92 Å². The average molecular weight is 240 g/mol. The van der Waals surface area contributed by atoms with Gasteiger partial charge in [0.15, 0.2) is 5.78 Å². The summed E-state index contributed by atoms with van der Waals surface area (Å²) in [5.41, 5.74) is 0. The van der Waals surface area contributed by atoms with Gasteiger partial charge in [0.25, 0.3) is 0 Å². The standard InChI is InChI=1S/C14H24O3/c1-3-10-7-5-6-8-12(10)17-13-9-11(15)14(13)16-4-2/h10,12-14H,3-9H2,1-2H3. The van der Waals surface area contributed by atoms with Crippen molar-refractivity contribution < 1.29 is 14.3 Å². The molecule has 0 bridgehead atoms. The maximum atomic E-state index is 11.4. The number of ether oxygens (including phenoxy) is 2. The van der Waals surface area contributed by atoms with Crippen molar-refractivity contribution >= 4 is 5.78 Å². The van der Waals surface area contributed by atoms with Crippen molar-refractivity contribution in [2.24, 2.45) is 5.92 Å². The first-order valence-corrected chi connectivity index (χ1v) is 7.06. The SMILES string of the molecule is CCOC1C(=O)CC1OC1CCCCC1CC. The van der Waals surface area contributed by atoms with E-state index in [0.717, 1.165) is 6.42 Å². The van der Waals surface area contributed by atoms with Gasteiger partial charge >= 0.3 is 0 Å². The van der Waals surface area contributed by atoms with E-state index in [0.29, 0.717) is 25.0 Å². The van der Waals surface area contributed by atoms with Gasteiger partial charge in [0.1, 0.15) is 6.10 Å². The minimum atomic E-state index is -0.278. The Hall–Kier alpha value is -0.410. The molecular formula is C14H24O3. The first kappa shape index (κ1) is 13.0. The fourth-order valence-corrected chi connectivity index (χ4v) is 3.01. The van der Waals surface area contributed by atoms with Crippen molar-refractivity contribution in [1.82, 2.24) is 0 Å². The van der Waals surface area contributed by atoms with Crippen molar-refractivity contribution in [3.8, 4) is 0 Å². The van der Waals surface area contributed by atoms with Crippen LogP contribution in [-0.2, 0) is 14.3 Å². The molecule has 4 atom stereocenters. The third-order valence-electron chi connectivity index (χ3n) is 4.12. The Balaban J connectivity index is 1.85. The van der Waals surface area contributed by atoms with Crippen LogP contribution in [0.2, 0.25) is 0 Å². The molecule has 3 heteroatoms. The predicted octanol–water partition coefficient (Wildman–Crippen LogP) is 2.72. The van der Waals surface area contributed by atoms with Crippen LogP contribution in [0.5, 0.6) is 0 Å². The van der Waals surface area contributed by atoms with Crippen molar-refractivity contribution in [3.05, 3.63) is 0 Å². The minimum absolute atomic E-state index is 0.0274. The molecule has 0 aliphatic heterocycles. The van der Waals surface area contributed by atoms with Crippen molar-refractivity contribution in [2.45, 2.75) is 70.7 Å². The highest BCUT2D eigenvalue weighted by Crippen LogP contribution is 2.33. The molecule has 2 rings (SSSR count). The molecule has 0 radical (unpaired) electrons. The summed E-state index contributed by atoms with van der Waals surface area (Å²) >= 11 is 0. The maximum Gasteiger partial charge on any atom is 0.166 e. The number of hydrogen-bond donors (Lipinski definition) is 0. The van der Waals surface area contributed by atoms with E-state index in [-0.39, 0.29) is 18.0 Å². The summed E-state index contributed by atoms with van der Waals surface area (Å²) in [6, 6.07) is 0. The highest BCUT2D eigenvalue weighted by atomic mass is 16.6. The van der Waals surface area contributed by atoms with Gasteiger partial charge in [-0.25, -0.2) is 0 Å². The Morgan fingerprint density at radius 3 is 2.59 bits per heavy atom. The van der Waals surface area contributed by atoms with Gasteiger partial charge in [-0.2, -0.15) is 0 Å². The first-order valence-electron chi connectivity index (χ1n) is 7.06. The van der Waals surface area contributed by atoms with E-state index in [1.807, 2.05) is 6.92 Å². The lowest BCUT2D eigenvalue weighted by atomic mass is 9.83. The molecule has 3 nitrogen and oxygen atoms in total. The first-order chi connectivity index (χ1) is 8.26. The van der Waals surface area contributed by atoms with Crippen molar-refractivity contribution in [2.75, 3.05) is 6.61 Å². The van der Waals surface area contributed by atoms with Gasteiger partial charge in [-0.05, 0) is 25.7 Å². The molecule has 4 unspecified atom stereocenters. The largest absolute Gasteiger partial charge is 0.371 e. The Morgan fingerprint density at radius 1 is 1.18 bits per heavy atom. The molecule has 0 aromatic rings. The van der Waals surface area contributed by atoms with E-state index < -0.39 is 0 Å². The van der Waals surface area contributed by atoms with Crippen molar-refractivity contribution in [1.29, 1.82) is 0 Å². The molecule has 98 valence electrons. The van der Waals surface area contributed by atoms with Crippen LogP contribution in [0.15, 0.2) is 0 Å². The molecule has 2 aliphatic carbocycles. The van der Waals surface area contributed by atoms with Crippen LogP contribution in [0.3, 0.4) is 0 Å². The van der Waals surface area contributed by atoms with Crippen LogP contribution in [0, 0.1) is 5.92 Å². The number of hydrogen-bond acceptors (Lipinski definition) is 3. The van der Waals surface area contributed by atoms with E-state index in [1.54, 1.807) is 0 Å². The zero-order valence-electron chi connectivity index (χ0n) is 11.0. The average Bonchev–Trinajstić information content (AvgIpc) is 2.36. The lowest BCUT2D eigenvalue weighted by Gasteiger charge is -2.40. The highest BCUT2D eigenvalue weighted by molar-refractivity contribution is 5.90. The summed E-state index contributed by atoms with van der Waals surface area (Å²) in [6.07, 6.45) is 6.87. The lowest BCUT2D eigenvalue weighted by Crippen LogP contribution is -2.52. The Labute approximate surface area is 104 Å². The molecule has 0 amide bonds. The Kier molecular flexibility index (Phi) is 4.57. The van der Waals surface area contributed by atoms with Gasteiger partial charge in [-0.15, -0.1) is 0 Å². The second-order valence-corrected chi connectivity index (χ2v) is 5.21. The maximum absolute atomic E-state index is 11.4. The third-order valence-corrected chi connectivity index (χ3v) is 4.12. The second-order valence-electron chi connectivity index (χ2n) is 5.21. The zero-order chi connectivity index (χ0) is 12.3. The summed E-state index contributed by atoms with van der Waals surface area (Å²) < 4.78 is 11.6. The number of carbonyl (C=O) groups excluding carboxylic acids is 1. The Morgan fingerprint density at radius 2 is 1.94 bits per heavy atom. The molecule has 0 saturated heterocycles. The summed E-state index contributed by atoms with van der Waals surface area (Å²) in [4.78, 5) is 11.4. The fourth-order valence-electron chi connectivity index (χ4n) is 3.01. The van der Waals surface area contributed by atoms with E-state index >= 15 is 0 Å². The van der Waals surface area contributed by atoms with E-state index in [1.165, 1.54) is 25.7 Å². The van der Waals surface area contributed by atoms with Gasteiger partial charge in [0.05, 0.1) is 12.2 Å². The minimum Gasteiger partial charge on any atom is -0.371 e. The van der Waals surface area contributed by atoms with Crippen LogP contribution >= 0.6 is 0 Å². The highest BCUT2D eigenvalue weighted by Gasteiger charge is 2.43. The third kappa shape index (κ3) is 2.89. The molecule has 2 saturated carbocycles. The van der Waals surface area contributed by atoms with Crippen LogP contribution in [0.1, 0.15) is 52.4 Å². The smallest absolute Gasteiger partial charge is 0.166 e. The van der Waals surface area contributed by atoms with Crippen LogP contribution in [0.25, 0.3) is 0 Å². The summed E-state index contributed by atoms with van der Waals surface area (Å²) in [5.74, 6) is 0.891. The van der Waals surface area contributed by atoms with Gasteiger partial charge in [-0.1, -0.05) is 26.2 Å². The normalized spacial score (nSPS) is 37.9. The number of carbonyl (C=O) groups is 1. The second kappa shape index (κ2) is 5.96. The molecule has 0 N–H and O–H groups in total. The van der Waals surface area contributed by atoms with Gasteiger partial charge in [-0.3, -0.25) is 4.79 Å². The quantitative estimate of drug-likeness (QED) is 0.741. The van der Waals surface area contributed by atoms with Crippen LogP contribution in [0.4, 0.5) is 0 Å². The number of ketones is 1. The monoisotopic (exact) mass is 240 g/mol. The molecule has 0 spiro atoms. The number of rotatable bonds is 5. The molecule has 0 aromatic carbocycles. The van der Waals surface area contributed by atoms with E-state index in [4.69, 9.17) is 9.47 Å². The number of Topliss-reactive ketones (excluding diaryl/α,β-unsaturated/α-hetero) is 1. The summed E-state index contributed by atoms with van der Waals surface area (Å²) in [7, 11) is 0. The summed E-state index contributed by atoms with van der Waals surface area (Å²) in [6.45, 7) is 4.76. The Bertz CT molecular complexity index is 264. The van der Waals surface area contributed by atoms with Crippen LogP contribution < -0.4 is 0 Å². The molecule has 0 aromatic heterocycles. The van der Waals surface area contributed by atoms with E-state index in [9.17, 15) is 4.79 Å². The topological polar surface area (TPSA) is 35.5 Å². The van der Waals surface area contributed by atoms with Gasteiger partial charge in [0.2, 0.25) is 0 Å². The molecular weight excluding hydrogens is 216 g/mol. The molecule has 17 heavy (non-hydrogen) atoms. The fraction of sp³-hybridized carbons (Fsp3) is 0.929. The molecule has 2 aliphatic rings. The predicted molar refractivity (Wildman–Crippen MR) is 65.9 cm³/mol. The lowest BCUT2D eigenvalue weighted by molar-refractivity contribution is -0.180. The van der Waals surface area contributed by atoms with Crippen molar-refractivity contribution in [3.63, 3.8) is 0 Å². The van der Waals surface area contributed by atoms with Crippen LogP contribution in [-0.4, -0.2) is 30.7 Å². The van der Waals surface area contributed by atoms with Gasteiger partial charge in [0, 0.05) is 13.0 Å².